The Morgan fingerprint density at radius 1 is 1.17 bits per heavy atom. The fourth-order valence-corrected chi connectivity index (χ4v) is 2.44. The highest BCUT2D eigenvalue weighted by Crippen LogP contribution is 2.12. The number of carbonyl (C=O) groups excluding carboxylic acids is 1. The van der Waals surface area contributed by atoms with Crippen molar-refractivity contribution in [2.75, 3.05) is 31.5 Å². The first-order valence-corrected chi connectivity index (χ1v) is 8.17. The van der Waals surface area contributed by atoms with E-state index in [1.165, 1.54) is 19.3 Å². The summed E-state index contributed by atoms with van der Waals surface area (Å²) in [5.41, 5.74) is 1.00. The molecule has 1 amide bonds. The molecule has 1 saturated heterocycles. The maximum Gasteiger partial charge on any atom is 0.241 e. The molecule has 0 spiro atoms. The number of carbonyl (C=O) groups is 1. The Kier molecular flexibility index (Phi) is 9.66. The van der Waals surface area contributed by atoms with Gasteiger partial charge in [-0.1, -0.05) is 25.1 Å². The Morgan fingerprint density at radius 3 is 2.52 bits per heavy atom. The highest BCUT2D eigenvalue weighted by atomic mass is 127. The smallest absolute Gasteiger partial charge is 0.241 e. The molecule has 128 valence electrons. The van der Waals surface area contributed by atoms with Crippen LogP contribution in [0.4, 0.5) is 5.69 Å². The lowest BCUT2D eigenvalue weighted by Crippen LogP contribution is -2.41. The largest absolute Gasteiger partial charge is 0.355 e. The van der Waals surface area contributed by atoms with Gasteiger partial charge in [0.15, 0.2) is 5.96 Å². The summed E-state index contributed by atoms with van der Waals surface area (Å²) < 4.78 is 0. The van der Waals surface area contributed by atoms with Crippen molar-refractivity contribution in [3.8, 4) is 0 Å². The maximum atomic E-state index is 11.8. The van der Waals surface area contributed by atoms with Gasteiger partial charge in [0.2, 0.25) is 5.91 Å². The molecule has 0 bridgehead atoms. The van der Waals surface area contributed by atoms with E-state index in [0.29, 0.717) is 6.54 Å². The summed E-state index contributed by atoms with van der Waals surface area (Å²) in [4.78, 5) is 18.5. The average Bonchev–Trinajstić information content (AvgIpc) is 2.58. The fraction of sp³-hybridized carbons (Fsp3) is 0.529. The van der Waals surface area contributed by atoms with E-state index in [1.54, 1.807) is 0 Å². The molecule has 2 rings (SSSR count). The number of nitrogens with zero attached hydrogens (tertiary/aromatic N) is 2. The van der Waals surface area contributed by atoms with Crippen LogP contribution < -0.4 is 10.6 Å². The Balaban J connectivity index is 0.00000264. The van der Waals surface area contributed by atoms with Gasteiger partial charge in [-0.3, -0.25) is 4.79 Å². The predicted molar refractivity (Wildman–Crippen MR) is 107 cm³/mol. The lowest BCUT2D eigenvalue weighted by molar-refractivity contribution is -0.119. The minimum atomic E-state index is -0.0220. The SMILES string of the molecule is CCCNC(=O)CN=C(Nc1ccccc1)N1CCCCC1.I. The zero-order valence-corrected chi connectivity index (χ0v) is 16.1. The number of aliphatic imine (C=N–C) groups is 1. The Labute approximate surface area is 156 Å². The number of nitrogens with one attached hydrogen (secondary N) is 2. The first-order valence-electron chi connectivity index (χ1n) is 8.17. The van der Waals surface area contributed by atoms with E-state index in [2.05, 4.69) is 20.5 Å². The van der Waals surface area contributed by atoms with Gasteiger partial charge in [0.25, 0.3) is 0 Å². The number of benzene rings is 1. The second kappa shape index (κ2) is 11.3. The van der Waals surface area contributed by atoms with E-state index in [9.17, 15) is 4.79 Å². The van der Waals surface area contributed by atoms with Gasteiger partial charge in [-0.2, -0.15) is 0 Å². The molecule has 2 N–H and O–H groups in total. The summed E-state index contributed by atoms with van der Waals surface area (Å²) in [5, 5.41) is 6.22. The highest BCUT2D eigenvalue weighted by molar-refractivity contribution is 14.0. The van der Waals surface area contributed by atoms with Crippen molar-refractivity contribution in [3.05, 3.63) is 30.3 Å². The van der Waals surface area contributed by atoms with Crippen LogP contribution in [-0.2, 0) is 4.79 Å². The highest BCUT2D eigenvalue weighted by Gasteiger charge is 2.15. The van der Waals surface area contributed by atoms with Gasteiger partial charge in [-0.25, -0.2) is 4.99 Å². The van der Waals surface area contributed by atoms with Gasteiger partial charge in [-0.15, -0.1) is 24.0 Å². The number of halogens is 1. The van der Waals surface area contributed by atoms with Crippen LogP contribution in [0.25, 0.3) is 0 Å². The zero-order chi connectivity index (χ0) is 15.6. The van der Waals surface area contributed by atoms with Crippen molar-refractivity contribution in [2.24, 2.45) is 4.99 Å². The standard InChI is InChI=1S/C17H26N4O.HI/c1-2-11-18-16(22)14-19-17(21-12-7-4-8-13-21)20-15-9-5-3-6-10-15;/h3,5-6,9-10H,2,4,7-8,11-14H2,1H3,(H,18,22)(H,19,20);1H. The van der Waals surface area contributed by atoms with Crippen molar-refractivity contribution < 1.29 is 4.79 Å². The molecular weight excluding hydrogens is 403 g/mol. The normalized spacial score (nSPS) is 14.8. The minimum absolute atomic E-state index is 0. The number of guanidine groups is 1. The molecule has 0 unspecified atom stereocenters. The number of anilines is 1. The zero-order valence-electron chi connectivity index (χ0n) is 13.8. The number of likely N-dealkylation sites (tertiary alicyclic amines) is 1. The molecule has 1 aliphatic rings. The van der Waals surface area contributed by atoms with Crippen molar-refractivity contribution >= 4 is 41.5 Å². The van der Waals surface area contributed by atoms with E-state index >= 15 is 0 Å². The van der Waals surface area contributed by atoms with Crippen LogP contribution in [0.5, 0.6) is 0 Å². The number of piperidine rings is 1. The summed E-state index contributed by atoms with van der Waals surface area (Å²) >= 11 is 0. The third-order valence-corrected chi connectivity index (χ3v) is 3.63. The number of hydrogen-bond donors (Lipinski definition) is 2. The number of amides is 1. The Morgan fingerprint density at radius 2 is 1.87 bits per heavy atom. The molecule has 1 aromatic rings. The summed E-state index contributed by atoms with van der Waals surface area (Å²) in [6.45, 7) is 4.91. The van der Waals surface area contributed by atoms with Gasteiger partial charge >= 0.3 is 0 Å². The Bertz CT molecular complexity index is 487. The molecule has 23 heavy (non-hydrogen) atoms. The minimum Gasteiger partial charge on any atom is -0.355 e. The number of rotatable bonds is 5. The van der Waals surface area contributed by atoms with Crippen molar-refractivity contribution in [2.45, 2.75) is 32.6 Å². The van der Waals surface area contributed by atoms with E-state index in [-0.39, 0.29) is 36.4 Å². The average molecular weight is 430 g/mol. The van der Waals surface area contributed by atoms with Crippen molar-refractivity contribution in [3.63, 3.8) is 0 Å². The van der Waals surface area contributed by atoms with Gasteiger partial charge in [0.05, 0.1) is 0 Å². The number of hydrogen-bond acceptors (Lipinski definition) is 2. The Hall–Kier alpha value is -1.31. The monoisotopic (exact) mass is 430 g/mol. The molecule has 1 fully saturated rings. The van der Waals surface area contributed by atoms with Crippen LogP contribution in [0.15, 0.2) is 35.3 Å². The second-order valence-electron chi connectivity index (χ2n) is 5.53. The summed E-state index contributed by atoms with van der Waals surface area (Å²) in [6, 6.07) is 9.99. The first kappa shape index (κ1) is 19.7. The third-order valence-electron chi connectivity index (χ3n) is 3.63. The molecule has 1 aromatic carbocycles. The molecule has 0 aromatic heterocycles. The molecule has 0 atom stereocenters. The predicted octanol–water partition coefficient (Wildman–Crippen LogP) is 3.08. The lowest BCUT2D eigenvalue weighted by Gasteiger charge is -2.30. The van der Waals surface area contributed by atoms with Crippen molar-refractivity contribution in [1.82, 2.24) is 10.2 Å². The number of para-hydroxylation sites is 1. The summed E-state index contributed by atoms with van der Waals surface area (Å²) in [5.74, 6) is 0.781. The van der Waals surface area contributed by atoms with E-state index in [1.807, 2.05) is 37.3 Å². The summed E-state index contributed by atoms with van der Waals surface area (Å²) in [6.07, 6.45) is 4.57. The molecule has 1 aliphatic heterocycles. The third kappa shape index (κ3) is 7.20. The quantitative estimate of drug-likeness (QED) is 0.429. The van der Waals surface area contributed by atoms with Gasteiger partial charge in [0.1, 0.15) is 6.54 Å². The van der Waals surface area contributed by atoms with Crippen LogP contribution in [-0.4, -0.2) is 42.9 Å². The van der Waals surface area contributed by atoms with Crippen LogP contribution in [0, 0.1) is 0 Å². The molecule has 6 heteroatoms. The molecule has 0 saturated carbocycles. The van der Waals surface area contributed by atoms with Gasteiger partial charge in [-0.05, 0) is 37.8 Å². The van der Waals surface area contributed by atoms with Crippen LogP contribution in [0.2, 0.25) is 0 Å². The molecule has 5 nitrogen and oxygen atoms in total. The van der Waals surface area contributed by atoms with Crippen molar-refractivity contribution in [1.29, 1.82) is 0 Å². The van der Waals surface area contributed by atoms with E-state index in [4.69, 9.17) is 0 Å². The topological polar surface area (TPSA) is 56.7 Å². The van der Waals surface area contributed by atoms with Crippen LogP contribution in [0.3, 0.4) is 0 Å². The van der Waals surface area contributed by atoms with E-state index in [0.717, 1.165) is 31.2 Å². The molecule has 0 radical (unpaired) electrons. The van der Waals surface area contributed by atoms with Crippen LogP contribution in [0.1, 0.15) is 32.6 Å². The molecule has 0 aliphatic carbocycles. The lowest BCUT2D eigenvalue weighted by atomic mass is 10.1. The van der Waals surface area contributed by atoms with Gasteiger partial charge in [0, 0.05) is 25.3 Å². The van der Waals surface area contributed by atoms with Gasteiger partial charge < -0.3 is 15.5 Å². The fourth-order valence-electron chi connectivity index (χ4n) is 2.44. The second-order valence-corrected chi connectivity index (χ2v) is 5.53. The first-order chi connectivity index (χ1) is 10.8. The van der Waals surface area contributed by atoms with E-state index < -0.39 is 0 Å². The maximum absolute atomic E-state index is 11.8. The molecule has 1 heterocycles. The molecular formula is C17H27IN4O. The van der Waals surface area contributed by atoms with Crippen LogP contribution >= 0.6 is 24.0 Å². The summed E-state index contributed by atoms with van der Waals surface area (Å²) in [7, 11) is 0.